The van der Waals surface area contributed by atoms with Gasteiger partial charge in [-0.2, -0.15) is 0 Å². The van der Waals surface area contributed by atoms with Crippen molar-refractivity contribution < 1.29 is 13.2 Å². The summed E-state index contributed by atoms with van der Waals surface area (Å²) < 4.78 is 25.4. The molecule has 0 heterocycles. The number of nitrogens with two attached hydrogens (primary N) is 2. The van der Waals surface area contributed by atoms with Crippen molar-refractivity contribution >= 4 is 27.3 Å². The van der Waals surface area contributed by atoms with Crippen LogP contribution >= 0.6 is 0 Å². The Kier molecular flexibility index (Phi) is 5.19. The van der Waals surface area contributed by atoms with E-state index in [1.165, 1.54) is 20.2 Å². The number of hydrogen-bond acceptors (Lipinski definition) is 5. The lowest BCUT2D eigenvalue weighted by molar-refractivity contribution is -0.119. The number of carbonyl (C=O) groups is 1. The minimum Gasteiger partial charge on any atom is -0.396 e. The van der Waals surface area contributed by atoms with Gasteiger partial charge in [0.1, 0.15) is 10.9 Å². The van der Waals surface area contributed by atoms with Crippen molar-refractivity contribution in [2.75, 3.05) is 25.1 Å². The van der Waals surface area contributed by atoms with Crippen LogP contribution < -0.4 is 16.8 Å². The van der Waals surface area contributed by atoms with Gasteiger partial charge in [-0.15, -0.1) is 0 Å². The molecule has 0 bridgehead atoms. The summed E-state index contributed by atoms with van der Waals surface area (Å²) in [5, 5.41) is 2.92. The van der Waals surface area contributed by atoms with Crippen molar-refractivity contribution in [2.45, 2.75) is 24.8 Å². The number of primary amides is 1. The average molecular weight is 314 g/mol. The van der Waals surface area contributed by atoms with Gasteiger partial charge in [0.15, 0.2) is 0 Å². The van der Waals surface area contributed by atoms with Crippen molar-refractivity contribution in [3.8, 4) is 0 Å². The van der Waals surface area contributed by atoms with Crippen LogP contribution in [0, 0.1) is 5.92 Å². The molecule has 0 aromatic heterocycles. The number of amides is 1. The van der Waals surface area contributed by atoms with Gasteiger partial charge < -0.3 is 16.8 Å². The van der Waals surface area contributed by atoms with E-state index in [0.717, 1.165) is 4.31 Å². The molecule has 1 atom stereocenters. The van der Waals surface area contributed by atoms with Gasteiger partial charge >= 0.3 is 0 Å². The molecule has 0 radical (unpaired) electrons. The first kappa shape index (κ1) is 17.3. The summed E-state index contributed by atoms with van der Waals surface area (Å²) in [7, 11) is -0.803. The number of benzene rings is 1. The minimum absolute atomic E-state index is 0.00974. The van der Waals surface area contributed by atoms with Gasteiger partial charge in [0, 0.05) is 14.1 Å². The van der Waals surface area contributed by atoms with E-state index in [0.29, 0.717) is 5.69 Å². The van der Waals surface area contributed by atoms with Crippen molar-refractivity contribution in [1.82, 2.24) is 4.31 Å². The Hall–Kier alpha value is -1.80. The summed E-state index contributed by atoms with van der Waals surface area (Å²) in [5.41, 5.74) is 11.7. The molecule has 7 nitrogen and oxygen atoms in total. The van der Waals surface area contributed by atoms with Crippen molar-refractivity contribution in [3.05, 3.63) is 18.2 Å². The smallest absolute Gasteiger partial charge is 0.244 e. The van der Waals surface area contributed by atoms with E-state index in [-0.39, 0.29) is 16.5 Å². The largest absolute Gasteiger partial charge is 0.396 e. The molecule has 5 N–H and O–H groups in total. The third-order valence-corrected chi connectivity index (χ3v) is 4.98. The second-order valence-electron chi connectivity index (χ2n) is 5.27. The highest BCUT2D eigenvalue weighted by Gasteiger charge is 2.24. The highest BCUT2D eigenvalue weighted by molar-refractivity contribution is 7.89. The topological polar surface area (TPSA) is 119 Å². The number of hydrogen-bond donors (Lipinski definition) is 3. The SMILES string of the molecule is CC(C)C(Nc1cccc(S(=O)(=O)N(C)C)c1N)C(N)=O. The lowest BCUT2D eigenvalue weighted by atomic mass is 10.0. The predicted molar refractivity (Wildman–Crippen MR) is 83.2 cm³/mol. The Labute approximate surface area is 125 Å². The number of nitrogens with zero attached hydrogens (tertiary/aromatic N) is 1. The number of nitrogen functional groups attached to an aromatic ring is 1. The molecule has 118 valence electrons. The van der Waals surface area contributed by atoms with Gasteiger partial charge in [0.2, 0.25) is 15.9 Å². The maximum atomic E-state index is 12.2. The van der Waals surface area contributed by atoms with Gasteiger partial charge in [-0.1, -0.05) is 19.9 Å². The molecule has 1 aromatic carbocycles. The molecule has 0 aliphatic heterocycles. The van der Waals surface area contributed by atoms with Gasteiger partial charge in [0.05, 0.1) is 11.4 Å². The van der Waals surface area contributed by atoms with Crippen LogP contribution in [-0.2, 0) is 14.8 Å². The minimum atomic E-state index is -3.65. The zero-order chi connectivity index (χ0) is 16.4. The van der Waals surface area contributed by atoms with Crippen LogP contribution in [0.1, 0.15) is 13.8 Å². The zero-order valence-electron chi connectivity index (χ0n) is 12.6. The molecule has 0 aliphatic rings. The average Bonchev–Trinajstić information content (AvgIpc) is 2.36. The van der Waals surface area contributed by atoms with Crippen molar-refractivity contribution in [3.63, 3.8) is 0 Å². The van der Waals surface area contributed by atoms with Crippen LogP contribution in [0.2, 0.25) is 0 Å². The number of anilines is 2. The Bertz CT molecular complexity index is 626. The number of rotatable bonds is 6. The normalized spacial score (nSPS) is 13.4. The summed E-state index contributed by atoms with van der Waals surface area (Å²) in [6, 6.07) is 3.96. The quantitative estimate of drug-likeness (QED) is 0.658. The molecule has 0 spiro atoms. The lowest BCUT2D eigenvalue weighted by Crippen LogP contribution is -2.39. The predicted octanol–water partition coefficient (Wildman–Crippen LogP) is 0.441. The van der Waals surface area contributed by atoms with E-state index in [1.807, 2.05) is 13.8 Å². The van der Waals surface area contributed by atoms with E-state index >= 15 is 0 Å². The fourth-order valence-corrected chi connectivity index (χ4v) is 2.86. The van der Waals surface area contributed by atoms with Crippen LogP contribution in [0.4, 0.5) is 11.4 Å². The summed E-state index contributed by atoms with van der Waals surface area (Å²) in [6.45, 7) is 3.66. The molecule has 1 unspecified atom stereocenters. The summed E-state index contributed by atoms with van der Waals surface area (Å²) >= 11 is 0. The molecule has 1 aromatic rings. The maximum absolute atomic E-state index is 12.2. The molecule has 0 aliphatic carbocycles. The third kappa shape index (κ3) is 3.64. The molecule has 1 rings (SSSR count). The highest BCUT2D eigenvalue weighted by Crippen LogP contribution is 2.29. The van der Waals surface area contributed by atoms with E-state index in [2.05, 4.69) is 5.32 Å². The number of nitrogens with one attached hydrogen (secondary N) is 1. The van der Waals surface area contributed by atoms with Crippen LogP contribution in [0.3, 0.4) is 0 Å². The molecular weight excluding hydrogens is 292 g/mol. The first-order chi connectivity index (χ1) is 9.59. The Morgan fingerprint density at radius 2 is 1.86 bits per heavy atom. The van der Waals surface area contributed by atoms with Crippen molar-refractivity contribution in [1.29, 1.82) is 0 Å². The number of carbonyl (C=O) groups excluding carboxylic acids is 1. The van der Waals surface area contributed by atoms with Crippen molar-refractivity contribution in [2.24, 2.45) is 11.7 Å². The van der Waals surface area contributed by atoms with Gasteiger partial charge in [0.25, 0.3) is 0 Å². The molecule has 8 heteroatoms. The summed E-state index contributed by atoms with van der Waals surface area (Å²) in [4.78, 5) is 11.4. The van der Waals surface area contributed by atoms with Crippen LogP contribution in [-0.4, -0.2) is 38.8 Å². The zero-order valence-corrected chi connectivity index (χ0v) is 13.4. The van der Waals surface area contributed by atoms with E-state index in [1.54, 1.807) is 12.1 Å². The van der Waals surface area contributed by atoms with Gasteiger partial charge in [-0.05, 0) is 18.1 Å². The maximum Gasteiger partial charge on any atom is 0.244 e. The standard InChI is InChI=1S/C13H22N4O3S/c1-8(2)12(13(15)18)16-9-6-5-7-10(11(9)14)21(19,20)17(3)4/h5-8,12,16H,14H2,1-4H3,(H2,15,18). The summed E-state index contributed by atoms with van der Waals surface area (Å²) in [6.07, 6.45) is 0. The highest BCUT2D eigenvalue weighted by atomic mass is 32.2. The monoisotopic (exact) mass is 314 g/mol. The Morgan fingerprint density at radius 1 is 1.29 bits per heavy atom. The van der Waals surface area contributed by atoms with Gasteiger partial charge in [-0.25, -0.2) is 12.7 Å². The lowest BCUT2D eigenvalue weighted by Gasteiger charge is -2.22. The number of para-hydroxylation sites is 1. The van der Waals surface area contributed by atoms with E-state index in [9.17, 15) is 13.2 Å². The Balaban J connectivity index is 3.27. The summed E-state index contributed by atoms with van der Waals surface area (Å²) in [5.74, 6) is -0.582. The van der Waals surface area contributed by atoms with Crippen LogP contribution in [0.15, 0.2) is 23.1 Å². The van der Waals surface area contributed by atoms with E-state index < -0.39 is 22.0 Å². The van der Waals surface area contributed by atoms with Crippen LogP contribution in [0.25, 0.3) is 0 Å². The fraction of sp³-hybridized carbons (Fsp3) is 0.462. The number of sulfonamides is 1. The molecule has 21 heavy (non-hydrogen) atoms. The Morgan fingerprint density at radius 3 is 2.29 bits per heavy atom. The van der Waals surface area contributed by atoms with Crippen LogP contribution in [0.5, 0.6) is 0 Å². The second kappa shape index (κ2) is 6.31. The molecule has 0 fully saturated rings. The van der Waals surface area contributed by atoms with E-state index in [4.69, 9.17) is 11.5 Å². The second-order valence-corrected chi connectivity index (χ2v) is 7.39. The molecule has 0 saturated carbocycles. The molecule has 0 saturated heterocycles. The molecular formula is C13H22N4O3S. The third-order valence-electron chi connectivity index (χ3n) is 3.11. The fourth-order valence-electron chi connectivity index (χ4n) is 1.83. The first-order valence-electron chi connectivity index (χ1n) is 6.46. The molecule has 1 amide bonds. The van der Waals surface area contributed by atoms with Gasteiger partial charge in [-0.3, -0.25) is 4.79 Å². The first-order valence-corrected chi connectivity index (χ1v) is 7.90.